The Morgan fingerprint density at radius 3 is 2.57 bits per heavy atom. The van der Waals surface area contributed by atoms with Crippen LogP contribution in [0.2, 0.25) is 0 Å². The second-order valence-corrected chi connectivity index (χ2v) is 5.85. The molecule has 0 aliphatic carbocycles. The van der Waals surface area contributed by atoms with Crippen molar-refractivity contribution in [2.45, 2.75) is 26.3 Å². The monoisotopic (exact) mass is 324 g/mol. The molecular formula is C16H28N4O3. The molecule has 0 saturated carbocycles. The lowest BCUT2D eigenvalue weighted by atomic mass is 10.1. The molecule has 2 rings (SSSR count). The van der Waals surface area contributed by atoms with Gasteiger partial charge in [-0.3, -0.25) is 14.5 Å². The molecule has 1 atom stereocenters. The molecule has 7 nitrogen and oxygen atoms in total. The molecule has 1 aliphatic rings. The number of hydrogen-bond donors (Lipinski definition) is 3. The van der Waals surface area contributed by atoms with Crippen LogP contribution >= 0.6 is 0 Å². The fourth-order valence-corrected chi connectivity index (χ4v) is 2.63. The summed E-state index contributed by atoms with van der Waals surface area (Å²) in [6.07, 6.45) is 2.80. The average molecular weight is 324 g/mol. The Kier molecular flexibility index (Phi) is 8.36. The third-order valence-electron chi connectivity index (χ3n) is 4.21. The molecule has 1 saturated heterocycles. The van der Waals surface area contributed by atoms with Crippen LogP contribution < -0.4 is 5.32 Å². The van der Waals surface area contributed by atoms with Crippen LogP contribution in [0.15, 0.2) is 12.3 Å². The average Bonchev–Trinajstić information content (AvgIpc) is 2.94. The van der Waals surface area contributed by atoms with E-state index in [1.807, 2.05) is 13.0 Å². The van der Waals surface area contributed by atoms with E-state index in [-0.39, 0.29) is 12.4 Å². The minimum absolute atomic E-state index is 0.0225. The van der Waals surface area contributed by atoms with Crippen LogP contribution in [0.25, 0.3) is 0 Å². The number of rotatable bonds is 5. The molecule has 130 valence electrons. The molecule has 7 heteroatoms. The summed E-state index contributed by atoms with van der Waals surface area (Å²) in [5, 5.41) is 9.90. The predicted octanol–water partition coefficient (Wildman–Crippen LogP) is 0.780. The number of carbonyl (C=O) groups is 2. The van der Waals surface area contributed by atoms with Crippen LogP contribution in [0.4, 0.5) is 0 Å². The second kappa shape index (κ2) is 10.0. The maximum Gasteiger partial charge on any atom is 0.290 e. The Balaban J connectivity index is 0.000000816. The molecular weight excluding hydrogens is 296 g/mol. The molecule has 1 aromatic heterocycles. The lowest BCUT2D eigenvalue weighted by Crippen LogP contribution is -2.48. The van der Waals surface area contributed by atoms with E-state index in [2.05, 4.69) is 34.1 Å². The summed E-state index contributed by atoms with van der Waals surface area (Å²) in [5.41, 5.74) is 1.67. The molecule has 1 aromatic rings. The first-order valence-electron chi connectivity index (χ1n) is 7.92. The van der Waals surface area contributed by atoms with Gasteiger partial charge < -0.3 is 20.3 Å². The number of carbonyl (C=O) groups excluding carboxylic acids is 1. The number of carboxylic acid groups (broad SMARTS) is 1. The van der Waals surface area contributed by atoms with Gasteiger partial charge in [-0.1, -0.05) is 0 Å². The SMILES string of the molecule is Cc1[nH]ccc1C(=O)NCCC(C)N1CCN(C)CC1.O=CO. The van der Waals surface area contributed by atoms with Crippen molar-refractivity contribution >= 4 is 12.4 Å². The second-order valence-electron chi connectivity index (χ2n) is 5.85. The lowest BCUT2D eigenvalue weighted by Gasteiger charge is -2.36. The number of hydrogen-bond acceptors (Lipinski definition) is 4. The Labute approximate surface area is 137 Å². The Morgan fingerprint density at radius 1 is 1.43 bits per heavy atom. The van der Waals surface area contributed by atoms with Crippen molar-refractivity contribution in [3.8, 4) is 0 Å². The molecule has 3 N–H and O–H groups in total. The van der Waals surface area contributed by atoms with Crippen molar-refractivity contribution in [2.75, 3.05) is 39.8 Å². The number of aromatic nitrogens is 1. The summed E-state index contributed by atoms with van der Waals surface area (Å²) < 4.78 is 0. The van der Waals surface area contributed by atoms with Crippen LogP contribution in [0, 0.1) is 6.92 Å². The summed E-state index contributed by atoms with van der Waals surface area (Å²) in [6.45, 7) is 9.18. The van der Waals surface area contributed by atoms with Crippen LogP contribution in [0.5, 0.6) is 0 Å². The van der Waals surface area contributed by atoms with E-state index < -0.39 is 0 Å². The fourth-order valence-electron chi connectivity index (χ4n) is 2.63. The van der Waals surface area contributed by atoms with Gasteiger partial charge in [-0.25, -0.2) is 0 Å². The lowest BCUT2D eigenvalue weighted by molar-refractivity contribution is -0.122. The van der Waals surface area contributed by atoms with Crippen molar-refractivity contribution < 1.29 is 14.7 Å². The van der Waals surface area contributed by atoms with E-state index >= 15 is 0 Å². The molecule has 1 unspecified atom stereocenters. The third kappa shape index (κ3) is 6.42. The standard InChI is InChI=1S/C15H26N4O.CH2O2/c1-12(19-10-8-18(3)9-11-19)4-6-17-15(20)14-5-7-16-13(14)2;2-1-3/h5,7,12,16H,4,6,8-11H2,1-3H3,(H,17,20);1H,(H,2,3). The van der Waals surface area contributed by atoms with Crippen molar-refractivity contribution in [1.29, 1.82) is 0 Å². The van der Waals surface area contributed by atoms with Gasteiger partial charge in [0.1, 0.15) is 0 Å². The molecule has 0 spiro atoms. The van der Waals surface area contributed by atoms with Gasteiger partial charge in [-0.2, -0.15) is 0 Å². The summed E-state index contributed by atoms with van der Waals surface area (Å²) in [6, 6.07) is 2.35. The normalized spacial score (nSPS) is 17.0. The van der Waals surface area contributed by atoms with Gasteiger partial charge in [0.15, 0.2) is 0 Å². The van der Waals surface area contributed by atoms with Crippen molar-refractivity contribution in [3.63, 3.8) is 0 Å². The number of H-pyrrole nitrogens is 1. The van der Waals surface area contributed by atoms with Crippen LogP contribution in [0.3, 0.4) is 0 Å². The Hall–Kier alpha value is -1.86. The van der Waals surface area contributed by atoms with Gasteiger partial charge in [0.25, 0.3) is 12.4 Å². The molecule has 0 radical (unpaired) electrons. The first-order chi connectivity index (χ1) is 11.0. The molecule has 0 bridgehead atoms. The molecule has 23 heavy (non-hydrogen) atoms. The fraction of sp³-hybridized carbons (Fsp3) is 0.625. The van der Waals surface area contributed by atoms with Crippen LogP contribution in [-0.2, 0) is 4.79 Å². The van der Waals surface area contributed by atoms with Gasteiger partial charge in [0, 0.05) is 50.7 Å². The Bertz CT molecular complexity index is 481. The quantitative estimate of drug-likeness (QED) is 0.697. The van der Waals surface area contributed by atoms with E-state index in [1.54, 1.807) is 6.20 Å². The summed E-state index contributed by atoms with van der Waals surface area (Å²) in [7, 11) is 2.17. The Morgan fingerprint density at radius 2 is 2.04 bits per heavy atom. The van der Waals surface area contributed by atoms with E-state index in [9.17, 15) is 4.79 Å². The largest absolute Gasteiger partial charge is 0.483 e. The maximum atomic E-state index is 12.0. The summed E-state index contributed by atoms with van der Waals surface area (Å²) in [5.74, 6) is 0.0225. The molecule has 2 heterocycles. The molecule has 1 fully saturated rings. The molecule has 1 aliphatic heterocycles. The number of piperazine rings is 1. The molecule has 0 aromatic carbocycles. The molecule has 1 amide bonds. The number of aryl methyl sites for hydroxylation is 1. The van der Waals surface area contributed by atoms with Crippen molar-refractivity contribution in [2.24, 2.45) is 0 Å². The van der Waals surface area contributed by atoms with Crippen molar-refractivity contribution in [3.05, 3.63) is 23.5 Å². The highest BCUT2D eigenvalue weighted by molar-refractivity contribution is 5.95. The number of nitrogens with one attached hydrogen (secondary N) is 2. The zero-order valence-electron chi connectivity index (χ0n) is 14.2. The van der Waals surface area contributed by atoms with Crippen molar-refractivity contribution in [1.82, 2.24) is 20.1 Å². The number of nitrogens with zero attached hydrogens (tertiary/aromatic N) is 2. The zero-order valence-corrected chi connectivity index (χ0v) is 14.2. The first-order valence-corrected chi connectivity index (χ1v) is 7.92. The summed E-state index contributed by atoms with van der Waals surface area (Å²) >= 11 is 0. The van der Waals surface area contributed by atoms with Crippen LogP contribution in [0.1, 0.15) is 29.4 Å². The predicted molar refractivity (Wildman–Crippen MR) is 89.7 cm³/mol. The smallest absolute Gasteiger partial charge is 0.290 e. The minimum atomic E-state index is -0.250. The highest BCUT2D eigenvalue weighted by atomic mass is 16.3. The van der Waals surface area contributed by atoms with Gasteiger partial charge in [-0.15, -0.1) is 0 Å². The van der Waals surface area contributed by atoms with Gasteiger partial charge in [0.2, 0.25) is 0 Å². The van der Waals surface area contributed by atoms with E-state index in [4.69, 9.17) is 9.90 Å². The van der Waals surface area contributed by atoms with E-state index in [0.29, 0.717) is 6.04 Å². The number of aromatic amines is 1. The first kappa shape index (κ1) is 19.2. The zero-order chi connectivity index (χ0) is 17.2. The highest BCUT2D eigenvalue weighted by Crippen LogP contribution is 2.08. The van der Waals surface area contributed by atoms with Crippen LogP contribution in [-0.4, -0.2) is 78.1 Å². The number of amides is 1. The van der Waals surface area contributed by atoms with Gasteiger partial charge >= 0.3 is 0 Å². The summed E-state index contributed by atoms with van der Waals surface area (Å²) in [4.78, 5) is 28.2. The van der Waals surface area contributed by atoms with E-state index in [1.165, 1.54) is 0 Å². The highest BCUT2D eigenvalue weighted by Gasteiger charge is 2.19. The van der Waals surface area contributed by atoms with Gasteiger partial charge in [0.05, 0.1) is 5.56 Å². The topological polar surface area (TPSA) is 88.7 Å². The maximum absolute atomic E-state index is 12.0. The van der Waals surface area contributed by atoms with E-state index in [0.717, 1.165) is 50.4 Å². The van der Waals surface area contributed by atoms with Gasteiger partial charge in [-0.05, 0) is 33.4 Å². The third-order valence-corrected chi connectivity index (χ3v) is 4.21. The minimum Gasteiger partial charge on any atom is -0.483 e. The number of likely N-dealkylation sites (N-methyl/N-ethyl adjacent to an activating group) is 1.